The van der Waals surface area contributed by atoms with E-state index in [2.05, 4.69) is 10.6 Å². The minimum absolute atomic E-state index is 0.289. The molecule has 2 amide bonds. The summed E-state index contributed by atoms with van der Waals surface area (Å²) in [7, 11) is 0. The molecular weight excluding hydrogens is 363 g/mol. The van der Waals surface area contributed by atoms with Gasteiger partial charge in [-0.05, 0) is 44.9 Å². The van der Waals surface area contributed by atoms with Gasteiger partial charge in [-0.2, -0.15) is 0 Å². The molecule has 0 spiro atoms. The molecular formula is C21H27FN2O4. The molecule has 0 heterocycles. The summed E-state index contributed by atoms with van der Waals surface area (Å²) >= 11 is 0. The van der Waals surface area contributed by atoms with Crippen molar-refractivity contribution in [2.45, 2.75) is 27.2 Å². The van der Waals surface area contributed by atoms with Gasteiger partial charge in [0, 0.05) is 18.7 Å². The Morgan fingerprint density at radius 2 is 1.61 bits per heavy atom. The summed E-state index contributed by atoms with van der Waals surface area (Å²) in [5.74, 6) is 1.24. The largest absolute Gasteiger partial charge is 0.490 e. The van der Waals surface area contributed by atoms with Crippen molar-refractivity contribution in [3.8, 4) is 17.2 Å². The van der Waals surface area contributed by atoms with Gasteiger partial charge in [-0.25, -0.2) is 9.18 Å². The third kappa shape index (κ3) is 6.33. The van der Waals surface area contributed by atoms with Crippen LogP contribution in [-0.4, -0.2) is 32.4 Å². The lowest BCUT2D eigenvalue weighted by atomic mass is 10.1. The van der Waals surface area contributed by atoms with Crippen LogP contribution in [0.1, 0.15) is 26.3 Å². The third-order valence-electron chi connectivity index (χ3n) is 3.76. The molecule has 0 aromatic heterocycles. The second kappa shape index (κ2) is 11.0. The molecule has 0 radical (unpaired) electrons. The second-order valence-electron chi connectivity index (χ2n) is 5.86. The van der Waals surface area contributed by atoms with E-state index in [9.17, 15) is 9.18 Å². The first kappa shape index (κ1) is 21.3. The van der Waals surface area contributed by atoms with Gasteiger partial charge in [0.15, 0.2) is 11.5 Å². The molecule has 0 saturated heterocycles. The van der Waals surface area contributed by atoms with Crippen molar-refractivity contribution >= 4 is 11.7 Å². The van der Waals surface area contributed by atoms with Gasteiger partial charge in [0.25, 0.3) is 0 Å². The summed E-state index contributed by atoms with van der Waals surface area (Å²) in [6, 6.07) is 9.33. The molecule has 0 fully saturated rings. The van der Waals surface area contributed by atoms with Crippen LogP contribution in [0, 0.1) is 5.82 Å². The minimum atomic E-state index is -0.370. The number of amides is 2. The van der Waals surface area contributed by atoms with Crippen molar-refractivity contribution in [1.29, 1.82) is 0 Å². The quantitative estimate of drug-likeness (QED) is 0.631. The molecule has 6 nitrogen and oxygen atoms in total. The Kier molecular flexibility index (Phi) is 8.39. The lowest BCUT2D eigenvalue weighted by Crippen LogP contribution is -2.30. The van der Waals surface area contributed by atoms with E-state index in [1.807, 2.05) is 26.8 Å². The van der Waals surface area contributed by atoms with Crippen LogP contribution in [0.25, 0.3) is 0 Å². The molecule has 2 N–H and O–H groups in total. The maximum Gasteiger partial charge on any atom is 0.319 e. The maximum atomic E-state index is 13.2. The molecule has 0 unspecified atom stereocenters. The highest BCUT2D eigenvalue weighted by Gasteiger charge is 2.16. The Hall–Kier alpha value is -2.96. The summed E-state index contributed by atoms with van der Waals surface area (Å²) in [6.07, 6.45) is 0.531. The number of carbonyl (C=O) groups is 1. The Morgan fingerprint density at radius 3 is 2.18 bits per heavy atom. The zero-order valence-corrected chi connectivity index (χ0v) is 16.5. The number of benzene rings is 2. The first-order valence-corrected chi connectivity index (χ1v) is 9.43. The fourth-order valence-corrected chi connectivity index (χ4v) is 2.65. The average molecular weight is 390 g/mol. The van der Waals surface area contributed by atoms with Gasteiger partial charge in [0.1, 0.15) is 5.82 Å². The molecule has 0 saturated carbocycles. The van der Waals surface area contributed by atoms with E-state index >= 15 is 0 Å². The number of rotatable bonds is 10. The van der Waals surface area contributed by atoms with Crippen molar-refractivity contribution < 1.29 is 23.4 Å². The number of halogens is 1. The summed E-state index contributed by atoms with van der Waals surface area (Å²) in [4.78, 5) is 12.2. The van der Waals surface area contributed by atoms with Crippen LogP contribution in [0.5, 0.6) is 17.2 Å². The molecule has 2 aromatic carbocycles. The van der Waals surface area contributed by atoms with Gasteiger partial charge in [0.05, 0.1) is 25.5 Å². The third-order valence-corrected chi connectivity index (χ3v) is 3.76. The van der Waals surface area contributed by atoms with Crippen molar-refractivity contribution in [1.82, 2.24) is 5.32 Å². The summed E-state index contributed by atoms with van der Waals surface area (Å²) in [6.45, 7) is 7.37. The van der Waals surface area contributed by atoms with Crippen molar-refractivity contribution in [3.05, 3.63) is 47.8 Å². The minimum Gasteiger partial charge on any atom is -0.490 e. The van der Waals surface area contributed by atoms with Crippen LogP contribution < -0.4 is 24.8 Å². The van der Waals surface area contributed by atoms with Gasteiger partial charge in [0.2, 0.25) is 5.75 Å². The number of anilines is 1. The lowest BCUT2D eigenvalue weighted by molar-refractivity contribution is 0.252. The predicted molar refractivity (Wildman–Crippen MR) is 107 cm³/mol. The molecule has 0 aliphatic rings. The van der Waals surface area contributed by atoms with Crippen LogP contribution in [0.4, 0.5) is 14.9 Å². The van der Waals surface area contributed by atoms with Crippen LogP contribution in [0.3, 0.4) is 0 Å². The standard InChI is InChI=1S/C21H27FN2O4/c1-4-26-18-13-17(14-19(27-5-2)20(18)28-6-3)24-21(25)23-11-10-15-8-7-9-16(22)12-15/h7-9,12-14H,4-6,10-11H2,1-3H3,(H2,23,24,25). The van der Waals surface area contributed by atoms with E-state index in [1.54, 1.807) is 18.2 Å². The van der Waals surface area contributed by atoms with Crippen molar-refractivity contribution in [3.63, 3.8) is 0 Å². The number of hydrogen-bond acceptors (Lipinski definition) is 4. The zero-order chi connectivity index (χ0) is 20.4. The SMILES string of the molecule is CCOc1cc(NC(=O)NCCc2cccc(F)c2)cc(OCC)c1OCC. The van der Waals surface area contributed by atoms with Crippen molar-refractivity contribution in [2.75, 3.05) is 31.7 Å². The number of urea groups is 1. The Labute approximate surface area is 165 Å². The molecule has 0 bridgehead atoms. The average Bonchev–Trinajstić information content (AvgIpc) is 2.65. The first-order valence-electron chi connectivity index (χ1n) is 9.43. The molecule has 0 aliphatic heterocycles. The highest BCUT2D eigenvalue weighted by Crippen LogP contribution is 2.40. The van der Waals surface area contributed by atoms with Crippen LogP contribution in [-0.2, 0) is 6.42 Å². The Bertz CT molecular complexity index is 756. The summed E-state index contributed by atoms with van der Waals surface area (Å²) in [5, 5.41) is 5.52. The van der Waals surface area contributed by atoms with E-state index in [0.717, 1.165) is 5.56 Å². The van der Waals surface area contributed by atoms with E-state index in [0.29, 0.717) is 55.7 Å². The van der Waals surface area contributed by atoms with Gasteiger partial charge in [-0.1, -0.05) is 12.1 Å². The van der Waals surface area contributed by atoms with E-state index < -0.39 is 0 Å². The van der Waals surface area contributed by atoms with Crippen LogP contribution in [0.15, 0.2) is 36.4 Å². The van der Waals surface area contributed by atoms with E-state index in [-0.39, 0.29) is 11.8 Å². The number of ether oxygens (including phenoxy) is 3. The van der Waals surface area contributed by atoms with Crippen LogP contribution in [0.2, 0.25) is 0 Å². The molecule has 2 rings (SSSR count). The highest BCUT2D eigenvalue weighted by atomic mass is 19.1. The molecule has 152 valence electrons. The first-order chi connectivity index (χ1) is 13.6. The molecule has 7 heteroatoms. The number of hydrogen-bond donors (Lipinski definition) is 2. The van der Waals surface area contributed by atoms with Gasteiger partial charge >= 0.3 is 6.03 Å². The number of carbonyl (C=O) groups excluding carboxylic acids is 1. The van der Waals surface area contributed by atoms with Gasteiger partial charge < -0.3 is 24.8 Å². The molecule has 0 aliphatic carbocycles. The number of nitrogens with one attached hydrogen (secondary N) is 2. The molecule has 2 aromatic rings. The highest BCUT2D eigenvalue weighted by molar-refractivity contribution is 5.90. The topological polar surface area (TPSA) is 68.8 Å². The lowest BCUT2D eigenvalue weighted by Gasteiger charge is -2.17. The van der Waals surface area contributed by atoms with Crippen LogP contribution >= 0.6 is 0 Å². The zero-order valence-electron chi connectivity index (χ0n) is 16.5. The fourth-order valence-electron chi connectivity index (χ4n) is 2.65. The predicted octanol–water partition coefficient (Wildman–Crippen LogP) is 4.39. The monoisotopic (exact) mass is 390 g/mol. The smallest absolute Gasteiger partial charge is 0.319 e. The fraction of sp³-hybridized carbons (Fsp3) is 0.381. The summed E-state index contributed by atoms with van der Waals surface area (Å²) < 4.78 is 30.1. The molecule has 28 heavy (non-hydrogen) atoms. The molecule has 0 atom stereocenters. The Morgan fingerprint density at radius 1 is 0.964 bits per heavy atom. The van der Waals surface area contributed by atoms with E-state index in [4.69, 9.17) is 14.2 Å². The Balaban J connectivity index is 2.03. The normalized spacial score (nSPS) is 10.3. The maximum absolute atomic E-state index is 13.2. The van der Waals surface area contributed by atoms with E-state index in [1.165, 1.54) is 12.1 Å². The van der Waals surface area contributed by atoms with Gasteiger partial charge in [-0.3, -0.25) is 0 Å². The second-order valence-corrected chi connectivity index (χ2v) is 5.86. The van der Waals surface area contributed by atoms with Gasteiger partial charge in [-0.15, -0.1) is 0 Å². The van der Waals surface area contributed by atoms with Crippen molar-refractivity contribution in [2.24, 2.45) is 0 Å². The summed E-state index contributed by atoms with van der Waals surface area (Å²) in [5.41, 5.74) is 1.34.